The Labute approximate surface area is 161 Å². The molecule has 3 rings (SSSR count). The number of nitrogens with zero attached hydrogens (tertiary/aromatic N) is 2. The van der Waals surface area contributed by atoms with E-state index in [1.165, 1.54) is 17.4 Å². The summed E-state index contributed by atoms with van der Waals surface area (Å²) in [6.07, 6.45) is 4.11. The Morgan fingerprint density at radius 2 is 1.96 bits per heavy atom. The van der Waals surface area contributed by atoms with Crippen LogP contribution in [0.2, 0.25) is 0 Å². The number of thiophene rings is 1. The van der Waals surface area contributed by atoms with Crippen molar-refractivity contribution in [3.05, 3.63) is 69.0 Å². The fourth-order valence-electron chi connectivity index (χ4n) is 2.00. The molecule has 0 fully saturated rings. The van der Waals surface area contributed by atoms with Gasteiger partial charge in [0.05, 0.1) is 16.0 Å². The highest BCUT2D eigenvalue weighted by atomic mass is 32.2. The van der Waals surface area contributed by atoms with Crippen LogP contribution in [0.25, 0.3) is 6.08 Å². The molecule has 1 amide bonds. The maximum atomic E-state index is 12.6. The van der Waals surface area contributed by atoms with E-state index in [2.05, 4.69) is 10.3 Å². The lowest BCUT2D eigenvalue weighted by molar-refractivity contribution is -0.384. The molecule has 11 heteroatoms. The van der Waals surface area contributed by atoms with E-state index in [1.807, 2.05) is 17.5 Å². The zero-order chi connectivity index (χ0) is 19.4. The molecule has 0 saturated heterocycles. The topological polar surface area (TPSA) is 119 Å². The third-order valence-corrected chi connectivity index (χ3v) is 7.26. The molecule has 0 aliphatic heterocycles. The third kappa shape index (κ3) is 4.45. The monoisotopic (exact) mass is 421 g/mol. The molecular formula is C16H11N3O5S3. The van der Waals surface area contributed by atoms with Crippen LogP contribution in [0.5, 0.6) is 0 Å². The first kappa shape index (κ1) is 18.9. The summed E-state index contributed by atoms with van der Waals surface area (Å²) in [5.74, 6) is -0.433. The quantitative estimate of drug-likeness (QED) is 0.369. The van der Waals surface area contributed by atoms with Crippen LogP contribution in [0.15, 0.2) is 63.2 Å². The minimum Gasteiger partial charge on any atom is -0.298 e. The Bertz CT molecular complexity index is 1100. The lowest BCUT2D eigenvalue weighted by atomic mass is 10.3. The van der Waals surface area contributed by atoms with E-state index in [4.69, 9.17) is 0 Å². The summed E-state index contributed by atoms with van der Waals surface area (Å²) >= 11 is 2.28. The van der Waals surface area contributed by atoms with Crippen molar-refractivity contribution >= 4 is 55.3 Å². The summed E-state index contributed by atoms with van der Waals surface area (Å²) in [6.45, 7) is 0. The van der Waals surface area contributed by atoms with Gasteiger partial charge in [-0.2, -0.15) is 0 Å². The van der Waals surface area contributed by atoms with Crippen molar-refractivity contribution in [3.63, 3.8) is 0 Å². The summed E-state index contributed by atoms with van der Waals surface area (Å²) in [7, 11) is -3.88. The summed E-state index contributed by atoms with van der Waals surface area (Å²) in [4.78, 5) is 26.7. The molecule has 2 aromatic heterocycles. The zero-order valence-electron chi connectivity index (χ0n) is 13.4. The van der Waals surface area contributed by atoms with E-state index in [9.17, 15) is 23.3 Å². The second kappa shape index (κ2) is 7.78. The molecule has 1 aromatic carbocycles. The van der Waals surface area contributed by atoms with Crippen molar-refractivity contribution in [2.24, 2.45) is 0 Å². The fraction of sp³-hybridized carbons (Fsp3) is 0. The minimum absolute atomic E-state index is 0.0751. The molecule has 0 radical (unpaired) electrons. The first-order valence-corrected chi connectivity index (χ1v) is 10.5. The van der Waals surface area contributed by atoms with Gasteiger partial charge in [-0.15, -0.1) is 11.3 Å². The van der Waals surface area contributed by atoms with Crippen molar-refractivity contribution in [2.75, 3.05) is 5.32 Å². The highest BCUT2D eigenvalue weighted by Crippen LogP contribution is 2.29. The van der Waals surface area contributed by atoms with E-state index >= 15 is 0 Å². The Hall–Kier alpha value is -2.89. The molecule has 0 unspecified atom stereocenters. The van der Waals surface area contributed by atoms with Gasteiger partial charge in [-0.3, -0.25) is 20.2 Å². The van der Waals surface area contributed by atoms with Crippen LogP contribution in [0.3, 0.4) is 0 Å². The van der Waals surface area contributed by atoms with Gasteiger partial charge in [-0.25, -0.2) is 13.4 Å². The number of benzene rings is 1. The number of hydrogen-bond acceptors (Lipinski definition) is 8. The molecular weight excluding hydrogens is 410 g/mol. The van der Waals surface area contributed by atoms with Gasteiger partial charge in [0, 0.05) is 23.1 Å². The summed E-state index contributed by atoms with van der Waals surface area (Å²) in [5.41, 5.74) is -0.205. The summed E-state index contributed by atoms with van der Waals surface area (Å²) in [5, 5.41) is 15.2. The number of thiazole rings is 1. The van der Waals surface area contributed by atoms with Crippen LogP contribution in [-0.2, 0) is 14.6 Å². The predicted octanol–water partition coefficient (Wildman–Crippen LogP) is 3.60. The van der Waals surface area contributed by atoms with Crippen LogP contribution in [0.4, 0.5) is 10.8 Å². The molecule has 138 valence electrons. The van der Waals surface area contributed by atoms with Gasteiger partial charge < -0.3 is 0 Å². The molecule has 0 spiro atoms. The van der Waals surface area contributed by atoms with Gasteiger partial charge in [0.1, 0.15) is 4.21 Å². The lowest BCUT2D eigenvalue weighted by Gasteiger charge is -2.00. The van der Waals surface area contributed by atoms with E-state index in [0.717, 1.165) is 46.7 Å². The van der Waals surface area contributed by atoms with Crippen molar-refractivity contribution < 1.29 is 18.1 Å². The number of rotatable bonds is 6. The number of hydrogen-bond donors (Lipinski definition) is 1. The molecule has 0 atom stereocenters. The molecule has 1 N–H and O–H groups in total. The van der Waals surface area contributed by atoms with Crippen molar-refractivity contribution in [1.29, 1.82) is 0 Å². The number of carbonyl (C=O) groups is 1. The number of nitro benzene ring substituents is 1. The van der Waals surface area contributed by atoms with Crippen LogP contribution >= 0.6 is 22.7 Å². The average molecular weight is 421 g/mol. The average Bonchev–Trinajstić information content (AvgIpc) is 3.32. The van der Waals surface area contributed by atoms with Gasteiger partial charge >= 0.3 is 0 Å². The van der Waals surface area contributed by atoms with Crippen LogP contribution in [-0.4, -0.2) is 24.2 Å². The molecule has 0 aliphatic rings. The minimum atomic E-state index is -3.88. The third-order valence-electron chi connectivity index (χ3n) is 3.28. The number of anilines is 1. The zero-order valence-corrected chi connectivity index (χ0v) is 15.9. The summed E-state index contributed by atoms with van der Waals surface area (Å²) < 4.78 is 25.1. The highest BCUT2D eigenvalue weighted by Gasteiger charge is 2.22. The van der Waals surface area contributed by atoms with E-state index in [-0.39, 0.29) is 19.9 Å². The number of sulfone groups is 1. The molecule has 0 bridgehead atoms. The largest absolute Gasteiger partial charge is 0.298 e. The van der Waals surface area contributed by atoms with E-state index in [1.54, 1.807) is 6.08 Å². The number of non-ortho nitro benzene ring substituents is 1. The molecule has 0 aliphatic carbocycles. The summed E-state index contributed by atoms with van der Waals surface area (Å²) in [6, 6.07) is 8.27. The first-order chi connectivity index (χ1) is 12.9. The Balaban J connectivity index is 1.74. The molecule has 8 nitrogen and oxygen atoms in total. The van der Waals surface area contributed by atoms with Crippen LogP contribution in [0.1, 0.15) is 4.88 Å². The van der Waals surface area contributed by atoms with Gasteiger partial charge in [0.25, 0.3) is 5.69 Å². The lowest BCUT2D eigenvalue weighted by Crippen LogP contribution is -2.06. The number of carbonyl (C=O) groups excluding carboxylic acids is 1. The second-order valence-electron chi connectivity index (χ2n) is 5.08. The number of amides is 1. The number of aromatic nitrogens is 1. The number of nitro groups is 1. The van der Waals surface area contributed by atoms with Gasteiger partial charge in [0.2, 0.25) is 15.7 Å². The maximum Gasteiger partial charge on any atom is 0.269 e. The normalized spacial score (nSPS) is 11.6. The predicted molar refractivity (Wildman–Crippen MR) is 103 cm³/mol. The van der Waals surface area contributed by atoms with Gasteiger partial charge in [-0.1, -0.05) is 17.4 Å². The smallest absolute Gasteiger partial charge is 0.269 e. The van der Waals surface area contributed by atoms with E-state index in [0.29, 0.717) is 0 Å². The Kier molecular flexibility index (Phi) is 5.44. The molecule has 2 heterocycles. The van der Waals surface area contributed by atoms with Crippen LogP contribution < -0.4 is 5.32 Å². The first-order valence-electron chi connectivity index (χ1n) is 7.34. The second-order valence-corrected chi connectivity index (χ2v) is 9.26. The molecule has 27 heavy (non-hydrogen) atoms. The molecule has 0 saturated carbocycles. The molecule has 3 aromatic rings. The maximum absolute atomic E-state index is 12.6. The SMILES string of the molecule is O=C(C=Cc1cccs1)Nc1ncc(S(=O)(=O)c2ccc([N+](=O)[O-])cc2)s1. The van der Waals surface area contributed by atoms with Gasteiger partial charge in [0.15, 0.2) is 5.13 Å². The fourth-order valence-corrected chi connectivity index (χ4v) is 5.05. The number of nitrogens with one attached hydrogen (secondary N) is 1. The van der Waals surface area contributed by atoms with E-state index < -0.39 is 20.7 Å². The van der Waals surface area contributed by atoms with Crippen molar-refractivity contribution in [2.45, 2.75) is 9.10 Å². The van der Waals surface area contributed by atoms with Gasteiger partial charge in [-0.05, 0) is 29.7 Å². The van der Waals surface area contributed by atoms with Crippen molar-refractivity contribution in [3.8, 4) is 0 Å². The van der Waals surface area contributed by atoms with Crippen molar-refractivity contribution in [1.82, 2.24) is 4.98 Å². The Morgan fingerprint density at radius 1 is 1.22 bits per heavy atom. The Morgan fingerprint density at radius 3 is 2.59 bits per heavy atom. The highest BCUT2D eigenvalue weighted by molar-refractivity contribution is 7.93. The standard InChI is InChI=1S/C16H11N3O5S3/c20-14(8-5-12-2-1-9-25-12)18-16-17-10-15(26-16)27(23,24)13-6-3-11(4-7-13)19(21)22/h1-10H,(H,17,18,20). The van der Waals surface area contributed by atoms with Crippen LogP contribution in [0, 0.1) is 10.1 Å².